The molecule has 2 aromatic heterocycles. The first-order chi connectivity index (χ1) is 15.2. The smallest absolute Gasteiger partial charge is 0.332 e. The number of anilines is 2. The van der Waals surface area contributed by atoms with Crippen molar-refractivity contribution in [2.45, 2.75) is 6.42 Å². The Balaban J connectivity index is 0.000000193. The van der Waals surface area contributed by atoms with Crippen molar-refractivity contribution in [3.63, 3.8) is 0 Å². The Labute approximate surface area is 191 Å². The first-order valence-electron chi connectivity index (χ1n) is 9.30. The molecule has 0 atom stereocenters. The summed E-state index contributed by atoms with van der Waals surface area (Å²) in [6.45, 7) is 0. The van der Waals surface area contributed by atoms with Crippen molar-refractivity contribution >= 4 is 51.7 Å². The lowest BCUT2D eigenvalue weighted by molar-refractivity contribution is -0.136. The third-order valence-corrected chi connectivity index (χ3v) is 5.24. The molecule has 11 heteroatoms. The van der Waals surface area contributed by atoms with Crippen molar-refractivity contribution in [2.75, 3.05) is 5.32 Å². The molecule has 0 amide bonds. The van der Waals surface area contributed by atoms with E-state index in [1.807, 2.05) is 6.07 Å². The molecule has 0 aliphatic heterocycles. The molecule has 166 valence electrons. The first kappa shape index (κ1) is 23.1. The number of halogens is 2. The lowest BCUT2D eigenvalue weighted by Gasteiger charge is -2.13. The SMILES string of the molecule is Cn1c(=O)c2[nH]cnc2n(C)c1=O.O=C(O)Cc1ccccc1Nc1c(Cl)cccc1Cl. The molecular formula is C21H19Cl2N5O4. The Morgan fingerprint density at radius 1 is 1.06 bits per heavy atom. The highest BCUT2D eigenvalue weighted by Gasteiger charge is 2.11. The number of aromatic amines is 1. The van der Waals surface area contributed by atoms with Gasteiger partial charge in [0.15, 0.2) is 5.65 Å². The van der Waals surface area contributed by atoms with Gasteiger partial charge in [-0.15, -0.1) is 0 Å². The molecule has 0 saturated carbocycles. The number of rotatable bonds is 4. The van der Waals surface area contributed by atoms with Crippen molar-refractivity contribution in [3.05, 3.63) is 85.2 Å². The van der Waals surface area contributed by atoms with Crippen LogP contribution in [0.2, 0.25) is 10.0 Å². The van der Waals surface area contributed by atoms with E-state index in [0.29, 0.717) is 38.1 Å². The Morgan fingerprint density at radius 2 is 1.72 bits per heavy atom. The second-order valence-electron chi connectivity index (χ2n) is 6.76. The number of nitrogens with zero attached hydrogens (tertiary/aromatic N) is 3. The zero-order valence-electron chi connectivity index (χ0n) is 17.1. The molecule has 0 aliphatic carbocycles. The second-order valence-corrected chi connectivity index (χ2v) is 7.57. The number of aryl methyl sites for hydroxylation is 1. The second kappa shape index (κ2) is 9.71. The van der Waals surface area contributed by atoms with Gasteiger partial charge in [-0.25, -0.2) is 9.78 Å². The number of carboxylic acid groups (broad SMARTS) is 1. The van der Waals surface area contributed by atoms with E-state index < -0.39 is 5.97 Å². The number of aromatic nitrogens is 4. The largest absolute Gasteiger partial charge is 0.481 e. The number of carboxylic acids is 1. The molecule has 4 rings (SSSR count). The Hall–Kier alpha value is -3.56. The van der Waals surface area contributed by atoms with Gasteiger partial charge in [-0.05, 0) is 23.8 Å². The maximum Gasteiger partial charge on any atom is 0.332 e. The monoisotopic (exact) mass is 475 g/mol. The van der Waals surface area contributed by atoms with E-state index in [-0.39, 0.29) is 17.7 Å². The van der Waals surface area contributed by atoms with Crippen LogP contribution in [0.15, 0.2) is 58.4 Å². The zero-order chi connectivity index (χ0) is 23.4. The van der Waals surface area contributed by atoms with Gasteiger partial charge in [0.05, 0.1) is 28.5 Å². The highest BCUT2D eigenvalue weighted by atomic mass is 35.5. The number of carbonyl (C=O) groups is 1. The van der Waals surface area contributed by atoms with Gasteiger partial charge >= 0.3 is 11.7 Å². The fraction of sp³-hybridized carbons (Fsp3) is 0.143. The molecule has 0 spiro atoms. The van der Waals surface area contributed by atoms with Gasteiger partial charge in [0.25, 0.3) is 5.56 Å². The molecular weight excluding hydrogens is 457 g/mol. The van der Waals surface area contributed by atoms with Gasteiger partial charge in [0, 0.05) is 19.8 Å². The number of nitrogens with one attached hydrogen (secondary N) is 2. The molecule has 32 heavy (non-hydrogen) atoms. The maximum atomic E-state index is 11.4. The predicted octanol–water partition coefficient (Wildman–Crippen LogP) is 3.32. The molecule has 0 aliphatic rings. The average Bonchev–Trinajstić information content (AvgIpc) is 3.25. The van der Waals surface area contributed by atoms with Gasteiger partial charge in [-0.3, -0.25) is 18.7 Å². The van der Waals surface area contributed by atoms with Gasteiger partial charge in [-0.2, -0.15) is 0 Å². The summed E-state index contributed by atoms with van der Waals surface area (Å²) in [6.07, 6.45) is 1.33. The number of hydrogen-bond acceptors (Lipinski definition) is 5. The summed E-state index contributed by atoms with van der Waals surface area (Å²) in [6, 6.07) is 12.3. The first-order valence-corrected chi connectivity index (χ1v) is 10.1. The molecule has 0 radical (unpaired) electrons. The number of hydrogen-bond donors (Lipinski definition) is 3. The van der Waals surface area contributed by atoms with Crippen LogP contribution in [-0.4, -0.2) is 30.2 Å². The third-order valence-electron chi connectivity index (χ3n) is 4.61. The van der Waals surface area contributed by atoms with E-state index in [2.05, 4.69) is 15.3 Å². The Kier molecular flexibility index (Phi) is 7.01. The topological polar surface area (TPSA) is 122 Å². The van der Waals surface area contributed by atoms with Crippen LogP contribution in [0.1, 0.15) is 5.56 Å². The third kappa shape index (κ3) is 4.84. The Bertz CT molecular complexity index is 1390. The summed E-state index contributed by atoms with van der Waals surface area (Å²) >= 11 is 12.1. The molecule has 2 heterocycles. The fourth-order valence-electron chi connectivity index (χ4n) is 2.98. The van der Waals surface area contributed by atoms with Gasteiger partial charge in [-0.1, -0.05) is 47.5 Å². The van der Waals surface area contributed by atoms with E-state index in [1.165, 1.54) is 17.9 Å². The number of aliphatic carboxylic acids is 1. The number of imidazole rings is 1. The summed E-state index contributed by atoms with van der Waals surface area (Å²) in [5.41, 5.74) is 1.94. The quantitative estimate of drug-likeness (QED) is 0.416. The molecule has 0 saturated heterocycles. The zero-order valence-corrected chi connectivity index (χ0v) is 18.6. The molecule has 0 bridgehead atoms. The summed E-state index contributed by atoms with van der Waals surface area (Å²) in [4.78, 5) is 40.2. The van der Waals surface area contributed by atoms with Crippen LogP contribution in [0.4, 0.5) is 11.4 Å². The highest BCUT2D eigenvalue weighted by molar-refractivity contribution is 6.39. The van der Waals surface area contributed by atoms with E-state index >= 15 is 0 Å². The van der Waals surface area contributed by atoms with E-state index in [1.54, 1.807) is 43.4 Å². The van der Waals surface area contributed by atoms with Crippen LogP contribution >= 0.6 is 23.2 Å². The normalized spacial score (nSPS) is 10.5. The Morgan fingerprint density at radius 3 is 2.38 bits per heavy atom. The summed E-state index contributed by atoms with van der Waals surface area (Å²) in [7, 11) is 3.01. The van der Waals surface area contributed by atoms with Crippen molar-refractivity contribution in [1.82, 2.24) is 19.1 Å². The molecule has 4 aromatic rings. The fourth-order valence-corrected chi connectivity index (χ4v) is 3.47. The predicted molar refractivity (Wildman–Crippen MR) is 124 cm³/mol. The molecule has 2 aromatic carbocycles. The number of fused-ring (bicyclic) bond motifs is 1. The molecule has 0 unspecified atom stereocenters. The van der Waals surface area contributed by atoms with E-state index in [9.17, 15) is 14.4 Å². The number of para-hydroxylation sites is 2. The van der Waals surface area contributed by atoms with Crippen LogP contribution in [0, 0.1) is 0 Å². The van der Waals surface area contributed by atoms with Gasteiger partial charge in [0.1, 0.15) is 5.52 Å². The van der Waals surface area contributed by atoms with Crippen molar-refractivity contribution in [2.24, 2.45) is 14.1 Å². The highest BCUT2D eigenvalue weighted by Crippen LogP contribution is 2.33. The van der Waals surface area contributed by atoms with Crippen LogP contribution < -0.4 is 16.6 Å². The lowest BCUT2D eigenvalue weighted by atomic mass is 10.1. The van der Waals surface area contributed by atoms with Gasteiger partial charge in [0.2, 0.25) is 0 Å². The molecule has 0 fully saturated rings. The molecule has 3 N–H and O–H groups in total. The van der Waals surface area contributed by atoms with Crippen LogP contribution in [-0.2, 0) is 25.3 Å². The minimum Gasteiger partial charge on any atom is -0.481 e. The number of H-pyrrole nitrogens is 1. The van der Waals surface area contributed by atoms with Crippen LogP contribution in [0.3, 0.4) is 0 Å². The van der Waals surface area contributed by atoms with Crippen LogP contribution in [0.25, 0.3) is 11.2 Å². The van der Waals surface area contributed by atoms with Crippen LogP contribution in [0.5, 0.6) is 0 Å². The minimum absolute atomic E-state index is 0.0642. The summed E-state index contributed by atoms with van der Waals surface area (Å²) in [5, 5.41) is 12.9. The minimum atomic E-state index is -0.889. The lowest BCUT2D eigenvalue weighted by Crippen LogP contribution is -2.36. The van der Waals surface area contributed by atoms with E-state index in [4.69, 9.17) is 28.3 Å². The average molecular weight is 476 g/mol. The van der Waals surface area contributed by atoms with E-state index in [0.717, 1.165) is 4.57 Å². The molecule has 9 nitrogen and oxygen atoms in total. The standard InChI is InChI=1S/C14H11Cl2NO2.C7H8N4O2/c15-10-5-3-6-11(16)14(10)17-12-7-2-1-4-9(12)8-13(18)19;1-10-5-4(8-3-9-5)6(12)11(2)7(10)13/h1-7,17H,8H2,(H,18,19);3H,1-2H3,(H,8,9). The van der Waals surface area contributed by atoms with Crippen molar-refractivity contribution < 1.29 is 9.90 Å². The van der Waals surface area contributed by atoms with Crippen molar-refractivity contribution in [1.29, 1.82) is 0 Å². The van der Waals surface area contributed by atoms with Gasteiger partial charge < -0.3 is 15.4 Å². The van der Waals surface area contributed by atoms with Crippen molar-refractivity contribution in [3.8, 4) is 0 Å². The summed E-state index contributed by atoms with van der Waals surface area (Å²) < 4.78 is 2.37. The maximum absolute atomic E-state index is 11.4. The summed E-state index contributed by atoms with van der Waals surface area (Å²) in [5.74, 6) is -0.889. The number of benzene rings is 2.